The van der Waals surface area contributed by atoms with Gasteiger partial charge < -0.3 is 0 Å². The van der Waals surface area contributed by atoms with Crippen molar-refractivity contribution in [3.8, 4) is 5.88 Å². The van der Waals surface area contributed by atoms with Crippen molar-refractivity contribution in [2.24, 2.45) is 0 Å². The van der Waals surface area contributed by atoms with Gasteiger partial charge in [-0.05, 0) is 0 Å². The van der Waals surface area contributed by atoms with Crippen LogP contribution in [0.4, 0.5) is 15.8 Å². The molecule has 1 fully saturated rings. The van der Waals surface area contributed by atoms with Gasteiger partial charge in [-0.1, -0.05) is 19.6 Å². The molecule has 1 amide bonds. The average Bonchev–Trinajstić information content (AvgIpc) is 3.01. The quantitative estimate of drug-likeness (QED) is 0.155. The van der Waals surface area contributed by atoms with E-state index in [9.17, 15) is 9.18 Å². The van der Waals surface area contributed by atoms with Gasteiger partial charge in [0.2, 0.25) is 0 Å². The maximum atomic E-state index is 14.3. The van der Waals surface area contributed by atoms with Crippen LogP contribution in [0.25, 0.3) is 0 Å². The predicted octanol–water partition coefficient (Wildman–Crippen LogP) is 8.72. The molecule has 2 heterocycles. The molecule has 1 aromatic carbocycles. The number of anilines is 2. The van der Waals surface area contributed by atoms with Crippen LogP contribution in [0.5, 0.6) is 5.88 Å². The molecule has 45 heavy (non-hydrogen) atoms. The van der Waals surface area contributed by atoms with Crippen LogP contribution in [0.15, 0.2) is 30.5 Å². The summed E-state index contributed by atoms with van der Waals surface area (Å²) in [6.07, 6.45) is 8.98. The first kappa shape index (κ1) is 37.8. The fourth-order valence-corrected chi connectivity index (χ4v) is 23.1. The standard InChI is InChI=1S/C24H34FN4O2Si.3C4H9.Sn/c1-18-17-29(11-10-28(18)2)22-9-7-6-8-21(22)27-24(30)20-16-26-23(14-19(20)15-25)31-12-13-32(3,4)5;3*1-3-4-2;/h7-9,14,16,18H,10-13,15,17H2,1-5H3,(H,27,30);3*1,3-4H2,2H3;/t18-;;;;/m0..../s1. The van der Waals surface area contributed by atoms with Crippen LogP contribution in [0.3, 0.4) is 0 Å². The molecule has 3 rings (SSSR count). The number of carbonyl (C=O) groups is 1. The number of likely N-dealkylation sites (N-methyl/N-ethyl adjacent to an activating group) is 1. The predicted molar refractivity (Wildman–Crippen MR) is 196 cm³/mol. The van der Waals surface area contributed by atoms with E-state index in [4.69, 9.17) is 4.74 Å². The van der Waals surface area contributed by atoms with E-state index in [0.29, 0.717) is 24.1 Å². The van der Waals surface area contributed by atoms with Gasteiger partial charge in [0.05, 0.1) is 0 Å². The van der Waals surface area contributed by atoms with Gasteiger partial charge in [-0.25, -0.2) is 0 Å². The van der Waals surface area contributed by atoms with Gasteiger partial charge in [0.25, 0.3) is 0 Å². The molecular formula is C36H61FN4O2SiSn. The van der Waals surface area contributed by atoms with Gasteiger partial charge in [0.1, 0.15) is 0 Å². The van der Waals surface area contributed by atoms with Crippen LogP contribution < -0.4 is 18.5 Å². The zero-order chi connectivity index (χ0) is 33.0. The Morgan fingerprint density at radius 1 is 1.04 bits per heavy atom. The Morgan fingerprint density at radius 2 is 1.69 bits per heavy atom. The first-order chi connectivity index (χ1) is 21.5. The Balaban J connectivity index is 2.02. The number of nitrogens with one attached hydrogen (secondary N) is 1. The molecule has 0 spiro atoms. The molecule has 0 radical (unpaired) electrons. The van der Waals surface area contributed by atoms with Crippen molar-refractivity contribution in [3.05, 3.63) is 41.6 Å². The summed E-state index contributed by atoms with van der Waals surface area (Å²) >= 11 is -2.78. The molecule has 6 nitrogen and oxygen atoms in total. The number of halogens is 1. The average molecular weight is 748 g/mol. The molecule has 1 aliphatic rings. The number of alkyl halides is 1. The molecule has 1 aliphatic heterocycles. The Bertz CT molecular complexity index is 1200. The van der Waals surface area contributed by atoms with E-state index in [1.807, 2.05) is 0 Å². The van der Waals surface area contributed by atoms with E-state index in [1.54, 1.807) is 6.07 Å². The molecule has 0 bridgehead atoms. The van der Waals surface area contributed by atoms with Gasteiger partial charge >= 0.3 is 252 Å². The molecular weight excluding hydrogens is 686 g/mol. The molecule has 252 valence electrons. The normalized spacial score (nSPS) is 16.2. The summed E-state index contributed by atoms with van der Waals surface area (Å²) in [7, 11) is 0.908. The van der Waals surface area contributed by atoms with Crippen LogP contribution in [0.1, 0.15) is 82.1 Å². The van der Waals surface area contributed by atoms with Gasteiger partial charge in [0, 0.05) is 8.07 Å². The van der Waals surface area contributed by atoms with E-state index in [2.05, 4.69) is 92.7 Å². The van der Waals surface area contributed by atoms with E-state index < -0.39 is 33.1 Å². The number of hydrogen-bond acceptors (Lipinski definition) is 5. The number of rotatable bonds is 18. The molecule has 9 heteroatoms. The molecule has 0 saturated carbocycles. The van der Waals surface area contributed by atoms with Gasteiger partial charge in [0.15, 0.2) is 0 Å². The van der Waals surface area contributed by atoms with E-state index in [-0.39, 0.29) is 11.5 Å². The third-order valence-electron chi connectivity index (χ3n) is 9.64. The van der Waals surface area contributed by atoms with Gasteiger partial charge in [-0.15, -0.1) is 0 Å². The zero-order valence-electron chi connectivity index (χ0n) is 29.6. The second-order valence-corrected chi connectivity index (χ2v) is 33.4. The fraction of sp³-hybridized carbons (Fsp3) is 0.667. The minimum atomic E-state index is -2.78. The molecule has 2 aromatic rings. The van der Waals surface area contributed by atoms with Crippen molar-refractivity contribution in [2.75, 3.05) is 43.5 Å². The molecule has 1 N–H and O–H groups in total. The van der Waals surface area contributed by atoms with Crippen LogP contribution in [-0.4, -0.2) is 81.6 Å². The first-order valence-corrected chi connectivity index (χ1v) is 28.7. The molecule has 1 saturated heterocycles. The molecule has 0 aliphatic carbocycles. The first-order valence-electron chi connectivity index (χ1n) is 17.6. The summed E-state index contributed by atoms with van der Waals surface area (Å²) in [6.45, 7) is 18.6. The number of benzene rings is 1. The summed E-state index contributed by atoms with van der Waals surface area (Å²) in [5.41, 5.74) is 2.52. The van der Waals surface area contributed by atoms with E-state index >= 15 is 0 Å². The second kappa shape index (κ2) is 18.0. The third kappa shape index (κ3) is 10.9. The number of hydrogen-bond donors (Lipinski definition) is 1. The molecule has 0 unspecified atom stereocenters. The third-order valence-corrected chi connectivity index (χ3v) is 26.9. The number of piperazine rings is 1. The Labute approximate surface area is 278 Å². The van der Waals surface area contributed by atoms with Crippen molar-refractivity contribution in [3.63, 3.8) is 0 Å². The monoisotopic (exact) mass is 748 g/mol. The second-order valence-electron chi connectivity index (χ2n) is 14.5. The minimum absolute atomic E-state index is 0.274. The van der Waals surface area contributed by atoms with E-state index in [0.717, 1.165) is 37.1 Å². The van der Waals surface area contributed by atoms with Crippen molar-refractivity contribution < 1.29 is 13.9 Å². The van der Waals surface area contributed by atoms with Gasteiger partial charge in [-0.2, -0.15) is 0 Å². The van der Waals surface area contributed by atoms with Crippen LogP contribution >= 0.6 is 0 Å². The number of carbonyl (C=O) groups excluding carboxylic acids is 1. The van der Waals surface area contributed by atoms with Crippen molar-refractivity contribution in [1.29, 1.82) is 0 Å². The summed E-state index contributed by atoms with van der Waals surface area (Å²) in [6, 6.07) is 10.0. The maximum absolute atomic E-state index is 14.3. The van der Waals surface area contributed by atoms with Crippen LogP contribution in [0.2, 0.25) is 39.0 Å². The van der Waals surface area contributed by atoms with E-state index in [1.165, 1.54) is 61.6 Å². The summed E-state index contributed by atoms with van der Waals surface area (Å²) in [5.74, 6) is 0.0778. The zero-order valence-corrected chi connectivity index (χ0v) is 33.5. The number of amides is 1. The Morgan fingerprint density at radius 3 is 2.24 bits per heavy atom. The SMILES string of the molecule is CCC[CH2][Sn]([CH2]CCC)([CH2]CCC)[c]1ccc(N2CCN(C)[C@@H](C)C2)c(NC(=O)c2cnc(OCC[Si](C)(C)C)cc2CF)c1. The number of unbranched alkanes of at least 4 members (excludes halogenated alkanes) is 3. The topological polar surface area (TPSA) is 57.7 Å². The summed E-state index contributed by atoms with van der Waals surface area (Å²) in [4.78, 5) is 23.1. The Kier molecular flexibility index (Phi) is 15.2. The van der Waals surface area contributed by atoms with Crippen molar-refractivity contribution >= 4 is 47.3 Å². The molecule has 1 atom stereocenters. The fourth-order valence-electron chi connectivity index (χ4n) is 6.38. The van der Waals surface area contributed by atoms with Gasteiger partial charge in [-0.3, -0.25) is 0 Å². The summed E-state index contributed by atoms with van der Waals surface area (Å²) < 4.78 is 25.8. The number of ether oxygens (including phenoxy) is 1. The van der Waals surface area contributed by atoms with Crippen LogP contribution in [-0.2, 0) is 6.67 Å². The number of nitrogens with zero attached hydrogens (tertiary/aromatic N) is 3. The number of aromatic nitrogens is 1. The van der Waals surface area contributed by atoms with Crippen molar-refractivity contribution in [1.82, 2.24) is 9.88 Å². The Hall–Kier alpha value is -1.65. The summed E-state index contributed by atoms with van der Waals surface area (Å²) in [5, 5.41) is 3.29. The van der Waals surface area contributed by atoms with Crippen LogP contribution in [0, 0.1) is 0 Å². The molecule has 1 aromatic heterocycles. The number of pyridine rings is 1. The van der Waals surface area contributed by atoms with Crippen molar-refractivity contribution in [2.45, 2.75) is 118 Å².